The van der Waals surface area contributed by atoms with Crippen LogP contribution in [0.2, 0.25) is 0 Å². The van der Waals surface area contributed by atoms with Crippen LogP contribution in [-0.2, 0) is 13.0 Å². The molecule has 0 aliphatic heterocycles. The van der Waals surface area contributed by atoms with Crippen LogP contribution in [0, 0.1) is 5.92 Å². The lowest BCUT2D eigenvalue weighted by atomic mass is 10.1. The largest absolute Gasteiger partial charge is 0.399 e. The van der Waals surface area contributed by atoms with E-state index in [0.717, 1.165) is 35.2 Å². The Bertz CT molecular complexity index is 865. The van der Waals surface area contributed by atoms with Gasteiger partial charge in [0.25, 0.3) is 5.91 Å². The number of pyridine rings is 1. The third kappa shape index (κ3) is 4.18. The molecule has 2 aromatic heterocycles. The lowest BCUT2D eigenvalue weighted by molar-refractivity contribution is 0.0954. The summed E-state index contributed by atoms with van der Waals surface area (Å²) in [5, 5.41) is 3.94. The molecule has 0 aliphatic rings. The first-order chi connectivity index (χ1) is 12.0. The lowest BCUT2D eigenvalue weighted by Gasteiger charge is -2.08. The summed E-state index contributed by atoms with van der Waals surface area (Å²) in [6, 6.07) is 11.6. The number of aromatic nitrogens is 2. The quantitative estimate of drug-likeness (QED) is 0.679. The van der Waals surface area contributed by atoms with Gasteiger partial charge in [0.1, 0.15) is 5.65 Å². The molecule has 0 fully saturated rings. The molecule has 5 heteroatoms. The van der Waals surface area contributed by atoms with Crippen molar-refractivity contribution in [2.45, 2.75) is 26.8 Å². The normalized spacial score (nSPS) is 11.2. The Hall–Kier alpha value is -2.82. The Morgan fingerprint density at radius 2 is 2.00 bits per heavy atom. The van der Waals surface area contributed by atoms with Crippen LogP contribution in [0.1, 0.15) is 29.8 Å². The van der Waals surface area contributed by atoms with Crippen LogP contribution in [0.25, 0.3) is 11.0 Å². The number of hydrogen-bond donors (Lipinski definition) is 2. The van der Waals surface area contributed by atoms with Crippen molar-refractivity contribution >= 4 is 22.6 Å². The Labute approximate surface area is 147 Å². The highest BCUT2D eigenvalue weighted by molar-refractivity contribution is 5.96. The number of nitrogen functional groups attached to an aromatic ring is 1. The van der Waals surface area contributed by atoms with Crippen molar-refractivity contribution in [1.29, 1.82) is 0 Å². The van der Waals surface area contributed by atoms with Crippen LogP contribution >= 0.6 is 0 Å². The molecule has 0 spiro atoms. The number of hydrogen-bond acceptors (Lipinski definition) is 3. The Kier molecular flexibility index (Phi) is 5.03. The van der Waals surface area contributed by atoms with E-state index in [1.807, 2.05) is 42.6 Å². The molecule has 0 bridgehead atoms. The van der Waals surface area contributed by atoms with E-state index in [4.69, 9.17) is 5.73 Å². The van der Waals surface area contributed by atoms with Gasteiger partial charge in [-0.15, -0.1) is 0 Å². The van der Waals surface area contributed by atoms with Gasteiger partial charge in [0.2, 0.25) is 0 Å². The summed E-state index contributed by atoms with van der Waals surface area (Å²) in [6.45, 7) is 5.85. The summed E-state index contributed by atoms with van der Waals surface area (Å²) in [4.78, 5) is 16.8. The molecule has 0 radical (unpaired) electrons. The summed E-state index contributed by atoms with van der Waals surface area (Å²) in [7, 11) is 0. The lowest BCUT2D eigenvalue weighted by Crippen LogP contribution is -2.25. The van der Waals surface area contributed by atoms with Gasteiger partial charge in [-0.3, -0.25) is 4.79 Å². The smallest absolute Gasteiger partial charge is 0.252 e. The van der Waals surface area contributed by atoms with E-state index in [1.54, 1.807) is 6.20 Å². The van der Waals surface area contributed by atoms with Crippen LogP contribution in [0.3, 0.4) is 0 Å². The number of fused-ring (bicyclic) bond motifs is 1. The van der Waals surface area contributed by atoms with E-state index >= 15 is 0 Å². The molecule has 3 aromatic rings. The van der Waals surface area contributed by atoms with Crippen molar-refractivity contribution in [2.24, 2.45) is 5.92 Å². The van der Waals surface area contributed by atoms with E-state index in [2.05, 4.69) is 28.7 Å². The fraction of sp³-hybridized carbons (Fsp3) is 0.300. The fourth-order valence-corrected chi connectivity index (χ4v) is 2.85. The molecule has 0 saturated carbocycles. The number of carbonyl (C=O) groups is 1. The fourth-order valence-electron chi connectivity index (χ4n) is 2.85. The second-order valence-corrected chi connectivity index (χ2v) is 6.75. The maximum absolute atomic E-state index is 12.3. The van der Waals surface area contributed by atoms with Gasteiger partial charge in [0.05, 0.1) is 5.56 Å². The SMILES string of the molecule is CC(C)Cn1ccc2cc(C(=O)NCCc3ccc(N)cc3)cnc21. The summed E-state index contributed by atoms with van der Waals surface area (Å²) in [5.41, 5.74) is 9.08. The number of anilines is 1. The van der Waals surface area contributed by atoms with E-state index in [1.165, 1.54) is 0 Å². The number of amides is 1. The Balaban J connectivity index is 1.62. The molecular formula is C20H24N4O. The van der Waals surface area contributed by atoms with Crippen molar-refractivity contribution in [1.82, 2.24) is 14.9 Å². The average molecular weight is 336 g/mol. The highest BCUT2D eigenvalue weighted by Crippen LogP contribution is 2.16. The predicted molar refractivity (Wildman–Crippen MR) is 101 cm³/mol. The average Bonchev–Trinajstić information content (AvgIpc) is 2.98. The number of benzene rings is 1. The molecule has 1 amide bonds. The first kappa shape index (κ1) is 17.0. The molecule has 25 heavy (non-hydrogen) atoms. The second-order valence-electron chi connectivity index (χ2n) is 6.75. The maximum atomic E-state index is 12.3. The van der Waals surface area contributed by atoms with E-state index in [9.17, 15) is 4.79 Å². The van der Waals surface area contributed by atoms with Crippen LogP contribution in [-0.4, -0.2) is 22.0 Å². The topological polar surface area (TPSA) is 72.9 Å². The van der Waals surface area contributed by atoms with Gasteiger partial charge in [-0.25, -0.2) is 4.98 Å². The number of rotatable bonds is 6. The zero-order valence-corrected chi connectivity index (χ0v) is 14.7. The van der Waals surface area contributed by atoms with Crippen molar-refractivity contribution < 1.29 is 4.79 Å². The van der Waals surface area contributed by atoms with Crippen LogP contribution < -0.4 is 11.1 Å². The number of nitrogens with zero attached hydrogens (tertiary/aromatic N) is 2. The molecule has 0 aliphatic carbocycles. The van der Waals surface area contributed by atoms with Gasteiger partial charge in [0.15, 0.2) is 0 Å². The molecule has 2 heterocycles. The Morgan fingerprint density at radius 3 is 2.72 bits per heavy atom. The third-order valence-electron chi connectivity index (χ3n) is 4.10. The minimum absolute atomic E-state index is 0.0959. The zero-order valence-electron chi connectivity index (χ0n) is 14.7. The monoisotopic (exact) mass is 336 g/mol. The van der Waals surface area contributed by atoms with Crippen LogP contribution in [0.15, 0.2) is 48.8 Å². The molecule has 0 unspecified atom stereocenters. The van der Waals surface area contributed by atoms with Gasteiger partial charge in [-0.1, -0.05) is 26.0 Å². The highest BCUT2D eigenvalue weighted by Gasteiger charge is 2.10. The van der Waals surface area contributed by atoms with Gasteiger partial charge in [-0.2, -0.15) is 0 Å². The summed E-state index contributed by atoms with van der Waals surface area (Å²) in [5.74, 6) is 0.454. The summed E-state index contributed by atoms with van der Waals surface area (Å²) < 4.78 is 2.13. The van der Waals surface area contributed by atoms with Crippen molar-refractivity contribution in [2.75, 3.05) is 12.3 Å². The summed E-state index contributed by atoms with van der Waals surface area (Å²) >= 11 is 0. The van der Waals surface area contributed by atoms with Gasteiger partial charge >= 0.3 is 0 Å². The number of nitrogens with one attached hydrogen (secondary N) is 1. The molecule has 3 rings (SSSR count). The van der Waals surface area contributed by atoms with E-state index in [-0.39, 0.29) is 5.91 Å². The second kappa shape index (κ2) is 7.38. The number of carbonyl (C=O) groups excluding carboxylic acids is 1. The molecule has 1 aromatic carbocycles. The number of nitrogens with two attached hydrogens (primary N) is 1. The van der Waals surface area contributed by atoms with Crippen LogP contribution in [0.4, 0.5) is 5.69 Å². The molecule has 0 atom stereocenters. The van der Waals surface area contributed by atoms with Gasteiger partial charge in [-0.05, 0) is 42.2 Å². The van der Waals surface area contributed by atoms with Gasteiger partial charge < -0.3 is 15.6 Å². The third-order valence-corrected chi connectivity index (χ3v) is 4.10. The van der Waals surface area contributed by atoms with E-state index < -0.39 is 0 Å². The molecule has 130 valence electrons. The first-order valence-corrected chi connectivity index (χ1v) is 8.60. The molecule has 3 N–H and O–H groups in total. The molecule has 0 saturated heterocycles. The van der Waals surface area contributed by atoms with Gasteiger partial charge in [0, 0.05) is 36.6 Å². The molecule has 5 nitrogen and oxygen atoms in total. The zero-order chi connectivity index (χ0) is 17.8. The molecular weight excluding hydrogens is 312 g/mol. The van der Waals surface area contributed by atoms with Crippen molar-refractivity contribution in [3.63, 3.8) is 0 Å². The minimum atomic E-state index is -0.0959. The summed E-state index contributed by atoms with van der Waals surface area (Å²) in [6.07, 6.45) is 4.45. The first-order valence-electron chi connectivity index (χ1n) is 8.60. The van der Waals surface area contributed by atoms with Crippen molar-refractivity contribution in [3.05, 3.63) is 59.9 Å². The standard InChI is InChI=1S/C20H24N4O/c1-14(2)13-24-10-8-16-11-17(12-23-19(16)24)20(25)22-9-7-15-3-5-18(21)6-4-15/h3-6,8,10-12,14H,7,9,13,21H2,1-2H3,(H,22,25). The van der Waals surface area contributed by atoms with E-state index in [0.29, 0.717) is 18.0 Å². The minimum Gasteiger partial charge on any atom is -0.399 e. The maximum Gasteiger partial charge on any atom is 0.252 e. The highest BCUT2D eigenvalue weighted by atomic mass is 16.1. The van der Waals surface area contributed by atoms with Crippen LogP contribution in [0.5, 0.6) is 0 Å². The predicted octanol–water partition coefficient (Wildman–Crippen LogP) is 3.25. The Morgan fingerprint density at radius 1 is 1.24 bits per heavy atom. The van der Waals surface area contributed by atoms with Crippen molar-refractivity contribution in [3.8, 4) is 0 Å².